The minimum Gasteiger partial charge on any atom is -0.461 e. The fourth-order valence-electron chi connectivity index (χ4n) is 5.74. The van der Waals surface area contributed by atoms with Crippen molar-refractivity contribution in [1.29, 1.82) is 0 Å². The lowest BCUT2D eigenvalue weighted by molar-refractivity contribution is -0.163. The molecule has 0 aromatic carbocycles. The maximum atomic E-state index is 12.4. The lowest BCUT2D eigenvalue weighted by Gasteiger charge is -2.17. The van der Waals surface area contributed by atoms with Crippen LogP contribution >= 0.6 is 0 Å². The van der Waals surface area contributed by atoms with Crippen molar-refractivity contribution >= 4 is 11.9 Å². The van der Waals surface area contributed by atoms with Crippen LogP contribution in [0.25, 0.3) is 0 Å². The Morgan fingerprint density at radius 1 is 0.535 bits per heavy atom. The number of ether oxygens (including phenoxy) is 2. The molecule has 0 radical (unpaired) electrons. The van der Waals surface area contributed by atoms with E-state index in [1.165, 1.54) is 141 Å². The van der Waals surface area contributed by atoms with E-state index in [-0.39, 0.29) is 31.1 Å². The third-order valence-corrected chi connectivity index (χ3v) is 8.79. The summed E-state index contributed by atoms with van der Waals surface area (Å²) < 4.78 is 10.7. The van der Waals surface area contributed by atoms with Crippen LogP contribution in [0.4, 0.5) is 0 Å². The highest BCUT2D eigenvalue weighted by molar-refractivity contribution is 5.72. The molecule has 1 N–H and O–H groups in total. The van der Waals surface area contributed by atoms with Gasteiger partial charge in [-0.1, -0.05) is 188 Å². The van der Waals surface area contributed by atoms with Crippen molar-refractivity contribution in [3.63, 3.8) is 0 Å². The summed E-state index contributed by atoms with van der Waals surface area (Å²) in [5.74, 6) is -0.743. The Hall–Kier alpha value is -1.10. The van der Waals surface area contributed by atoms with E-state index < -0.39 is 6.10 Å². The van der Waals surface area contributed by atoms with E-state index in [1.54, 1.807) is 0 Å². The van der Waals surface area contributed by atoms with E-state index in [9.17, 15) is 14.7 Å². The maximum absolute atomic E-state index is 12.4. The molecule has 0 amide bonds. The molecule has 2 atom stereocenters. The van der Waals surface area contributed by atoms with Crippen LogP contribution in [0.15, 0.2) is 0 Å². The second kappa shape index (κ2) is 33.8. The van der Waals surface area contributed by atoms with Crippen molar-refractivity contribution < 1.29 is 24.2 Å². The largest absolute Gasteiger partial charge is 0.461 e. The number of hydrogen-bond acceptors (Lipinski definition) is 5. The lowest BCUT2D eigenvalue weighted by Crippen LogP contribution is -2.29. The van der Waals surface area contributed by atoms with Crippen LogP contribution in [0.1, 0.15) is 207 Å². The molecule has 0 aliphatic heterocycles. The number of aliphatic hydroxyl groups is 1. The van der Waals surface area contributed by atoms with Gasteiger partial charge in [0.15, 0.2) is 6.10 Å². The third kappa shape index (κ3) is 30.7. The summed E-state index contributed by atoms with van der Waals surface area (Å²) >= 11 is 0. The zero-order valence-corrected chi connectivity index (χ0v) is 29.2. The van der Waals surface area contributed by atoms with Crippen molar-refractivity contribution in [2.24, 2.45) is 5.92 Å². The van der Waals surface area contributed by atoms with Crippen LogP contribution < -0.4 is 0 Å². The Morgan fingerprint density at radius 3 is 1.26 bits per heavy atom. The highest BCUT2D eigenvalue weighted by atomic mass is 16.6. The normalized spacial score (nSPS) is 12.7. The van der Waals surface area contributed by atoms with Crippen LogP contribution in [0.3, 0.4) is 0 Å². The molecular formula is C38H74O5. The smallest absolute Gasteiger partial charge is 0.308 e. The molecule has 2 unspecified atom stereocenters. The Kier molecular flexibility index (Phi) is 32.9. The number of esters is 2. The second-order valence-electron chi connectivity index (χ2n) is 13.2. The first-order chi connectivity index (χ1) is 21.0. The van der Waals surface area contributed by atoms with Gasteiger partial charge in [0.25, 0.3) is 0 Å². The zero-order valence-electron chi connectivity index (χ0n) is 29.2. The number of carbonyl (C=O) groups is 2. The second-order valence-corrected chi connectivity index (χ2v) is 13.2. The fraction of sp³-hybridized carbons (Fsp3) is 0.947. The molecule has 5 nitrogen and oxygen atoms in total. The van der Waals surface area contributed by atoms with Crippen LogP contribution in [0.2, 0.25) is 0 Å². The van der Waals surface area contributed by atoms with Crippen molar-refractivity contribution in [3.05, 3.63) is 0 Å². The number of carbonyl (C=O) groups excluding carboxylic acids is 2. The minimum atomic E-state index is -0.772. The van der Waals surface area contributed by atoms with Crippen molar-refractivity contribution in [3.8, 4) is 0 Å². The summed E-state index contributed by atoms with van der Waals surface area (Å²) in [6.45, 7) is 6.04. The predicted molar refractivity (Wildman–Crippen MR) is 182 cm³/mol. The highest BCUT2D eigenvalue weighted by Crippen LogP contribution is 2.17. The molecular weight excluding hydrogens is 536 g/mol. The Balaban J connectivity index is 3.63. The molecule has 256 valence electrons. The summed E-state index contributed by atoms with van der Waals surface area (Å²) in [4.78, 5) is 24.6. The predicted octanol–water partition coefficient (Wildman–Crippen LogP) is 11.4. The molecule has 0 fully saturated rings. The summed E-state index contributed by atoms with van der Waals surface area (Å²) in [7, 11) is 0. The van der Waals surface area contributed by atoms with Gasteiger partial charge in [0.2, 0.25) is 0 Å². The van der Waals surface area contributed by atoms with Crippen LogP contribution in [0.5, 0.6) is 0 Å². The fourth-order valence-corrected chi connectivity index (χ4v) is 5.74. The van der Waals surface area contributed by atoms with Crippen LogP contribution in [0, 0.1) is 5.92 Å². The molecule has 0 saturated carbocycles. The molecule has 0 bridgehead atoms. The van der Waals surface area contributed by atoms with Gasteiger partial charge >= 0.3 is 11.9 Å². The van der Waals surface area contributed by atoms with Gasteiger partial charge < -0.3 is 14.6 Å². The van der Waals surface area contributed by atoms with Gasteiger partial charge in [-0.05, 0) is 12.8 Å². The van der Waals surface area contributed by atoms with E-state index in [1.807, 2.05) is 6.92 Å². The van der Waals surface area contributed by atoms with E-state index in [0.717, 1.165) is 38.5 Å². The monoisotopic (exact) mass is 611 g/mol. The summed E-state index contributed by atoms with van der Waals surface area (Å²) in [5, 5.41) is 9.59. The SMILES string of the molecule is CCCCCCCCCCCCCCCCC(C)C(=O)OCC(CO)OC(=O)CCCCCCCCCCCCCCC. The highest BCUT2D eigenvalue weighted by Gasteiger charge is 2.19. The average Bonchev–Trinajstić information content (AvgIpc) is 3.01. The van der Waals surface area contributed by atoms with Crippen molar-refractivity contribution in [2.45, 2.75) is 213 Å². The summed E-state index contributed by atoms with van der Waals surface area (Å²) in [6, 6.07) is 0. The molecule has 0 saturated heterocycles. The molecule has 0 aromatic heterocycles. The molecule has 0 heterocycles. The Bertz CT molecular complexity index is 593. The number of hydrogen-bond donors (Lipinski definition) is 1. The van der Waals surface area contributed by atoms with Crippen molar-refractivity contribution in [1.82, 2.24) is 0 Å². The topological polar surface area (TPSA) is 72.8 Å². The first-order valence-corrected chi connectivity index (χ1v) is 19.0. The Labute approximate surface area is 268 Å². The number of rotatable bonds is 34. The third-order valence-electron chi connectivity index (χ3n) is 8.79. The van der Waals surface area contributed by atoms with Gasteiger partial charge in [0, 0.05) is 6.42 Å². The van der Waals surface area contributed by atoms with Gasteiger partial charge in [0.05, 0.1) is 12.5 Å². The van der Waals surface area contributed by atoms with Crippen LogP contribution in [-0.4, -0.2) is 36.4 Å². The molecule has 0 aliphatic carbocycles. The molecule has 0 spiro atoms. The zero-order chi connectivity index (χ0) is 31.6. The first kappa shape index (κ1) is 41.9. The number of aliphatic hydroxyl groups excluding tert-OH is 1. The summed E-state index contributed by atoms with van der Waals surface area (Å²) in [5.41, 5.74) is 0. The maximum Gasteiger partial charge on any atom is 0.308 e. The van der Waals surface area contributed by atoms with E-state index in [0.29, 0.717) is 6.42 Å². The van der Waals surface area contributed by atoms with Gasteiger partial charge in [-0.15, -0.1) is 0 Å². The lowest BCUT2D eigenvalue weighted by atomic mass is 10.0. The first-order valence-electron chi connectivity index (χ1n) is 19.0. The minimum absolute atomic E-state index is 0.0667. The Morgan fingerprint density at radius 2 is 0.884 bits per heavy atom. The van der Waals surface area contributed by atoms with Crippen molar-refractivity contribution in [2.75, 3.05) is 13.2 Å². The van der Waals surface area contributed by atoms with E-state index in [2.05, 4.69) is 13.8 Å². The molecule has 0 rings (SSSR count). The quantitative estimate of drug-likeness (QED) is 0.0579. The standard InChI is InChI=1S/C38H74O5/c1-4-6-8-10-12-14-16-18-20-21-23-25-27-29-31-35(3)38(41)42-34-36(33-39)43-37(40)32-30-28-26-24-22-19-17-15-13-11-9-7-5-2/h35-36,39H,4-34H2,1-3H3. The van der Waals surface area contributed by atoms with Gasteiger partial charge in [-0.2, -0.15) is 0 Å². The van der Waals surface area contributed by atoms with E-state index in [4.69, 9.17) is 9.47 Å². The molecule has 0 aromatic rings. The molecule has 0 aliphatic rings. The van der Waals surface area contributed by atoms with Gasteiger partial charge in [-0.25, -0.2) is 0 Å². The van der Waals surface area contributed by atoms with E-state index >= 15 is 0 Å². The molecule has 5 heteroatoms. The van der Waals surface area contributed by atoms with Crippen LogP contribution in [-0.2, 0) is 19.1 Å². The van der Waals surface area contributed by atoms with Gasteiger partial charge in [-0.3, -0.25) is 9.59 Å². The number of unbranched alkanes of at least 4 members (excludes halogenated alkanes) is 25. The average molecular weight is 611 g/mol. The van der Waals surface area contributed by atoms with Gasteiger partial charge in [0.1, 0.15) is 6.61 Å². The summed E-state index contributed by atoms with van der Waals surface area (Å²) in [6.07, 6.45) is 35.3. The molecule has 43 heavy (non-hydrogen) atoms.